The average molecular weight is 602 g/mol. The maximum atomic E-state index is 15.8. The highest BCUT2D eigenvalue weighted by Crippen LogP contribution is 2.45. The molecular weight excluding hydrogens is 567 g/mol. The number of unbranched alkanes of at least 4 members (excludes halogenated alkanes) is 1. The van der Waals surface area contributed by atoms with Gasteiger partial charge in [-0.25, -0.2) is 30.7 Å². The zero-order chi connectivity index (χ0) is 30.8. The quantitative estimate of drug-likeness (QED) is 0.186. The highest BCUT2D eigenvalue weighted by Gasteiger charge is 2.35. The first-order valence-corrected chi connectivity index (χ1v) is 15.2. The van der Waals surface area contributed by atoms with Crippen LogP contribution in [0.1, 0.15) is 109 Å². The third-order valence-electron chi connectivity index (χ3n) is 9.50. The molecule has 1 nitrogen and oxygen atoms in total. The molecule has 0 spiro atoms. The van der Waals surface area contributed by atoms with Gasteiger partial charge in [0.25, 0.3) is 0 Å². The van der Waals surface area contributed by atoms with Crippen molar-refractivity contribution in [3.63, 3.8) is 0 Å². The number of aryl methyl sites for hydroxylation is 2. The van der Waals surface area contributed by atoms with E-state index >= 15 is 13.2 Å². The summed E-state index contributed by atoms with van der Waals surface area (Å²) in [5.74, 6) is -7.46. The molecule has 0 radical (unpaired) electrons. The first kappa shape index (κ1) is 31.1. The van der Waals surface area contributed by atoms with Crippen LogP contribution in [0.25, 0.3) is 0 Å². The number of nitrogens with zero attached hydrogens (tertiary/aromatic N) is 1. The Balaban J connectivity index is 1.27. The number of hydrogen-bond donors (Lipinski definition) is 0. The van der Waals surface area contributed by atoms with Gasteiger partial charge >= 0.3 is 0 Å². The van der Waals surface area contributed by atoms with E-state index in [0.29, 0.717) is 56.1 Å². The second kappa shape index (κ2) is 13.1. The van der Waals surface area contributed by atoms with Gasteiger partial charge in [0.05, 0.1) is 0 Å². The molecule has 2 aliphatic rings. The summed E-state index contributed by atoms with van der Waals surface area (Å²) < 4.78 is 104. The van der Waals surface area contributed by atoms with Crippen molar-refractivity contribution in [3.05, 3.63) is 104 Å². The second-order valence-electron chi connectivity index (χ2n) is 12.1. The van der Waals surface area contributed by atoms with Gasteiger partial charge < -0.3 is 0 Å². The Morgan fingerprint density at radius 2 is 1.33 bits per heavy atom. The van der Waals surface area contributed by atoms with Crippen LogP contribution >= 0.6 is 0 Å². The van der Waals surface area contributed by atoms with Gasteiger partial charge in [0.15, 0.2) is 23.3 Å². The summed E-state index contributed by atoms with van der Waals surface area (Å²) in [7, 11) is 0. The standard InChI is InChI=1S/C35H34F7N/c1-2-3-4-22-12-13-23(32(39)31(22)38)7-5-19-6-14-25-26(15-19)34(41)35(42)30(33(25)40)21-10-8-20(9-11-21)24-16-28(36)27(18-43)29(37)17-24/h12-13,16-17,19-21H,2-11,14-15H2,1H3. The maximum Gasteiger partial charge on any atom is 0.165 e. The highest BCUT2D eigenvalue weighted by atomic mass is 19.2. The number of rotatable bonds is 8. The van der Waals surface area contributed by atoms with E-state index < -0.39 is 52.2 Å². The molecule has 0 saturated heterocycles. The fraction of sp³-hybridized carbons (Fsp3) is 0.457. The van der Waals surface area contributed by atoms with E-state index in [0.717, 1.165) is 25.0 Å². The van der Waals surface area contributed by atoms with Crippen LogP contribution in [0.5, 0.6) is 0 Å². The lowest BCUT2D eigenvalue weighted by Gasteiger charge is -2.32. The third-order valence-corrected chi connectivity index (χ3v) is 9.50. The Labute approximate surface area is 247 Å². The third kappa shape index (κ3) is 6.18. The topological polar surface area (TPSA) is 23.8 Å². The van der Waals surface area contributed by atoms with Gasteiger partial charge in [-0.3, -0.25) is 0 Å². The molecule has 2 aliphatic carbocycles. The predicted molar refractivity (Wildman–Crippen MR) is 150 cm³/mol. The minimum Gasteiger partial charge on any atom is -0.206 e. The van der Waals surface area contributed by atoms with Crippen molar-refractivity contribution < 1.29 is 30.7 Å². The van der Waals surface area contributed by atoms with Crippen LogP contribution < -0.4 is 0 Å². The van der Waals surface area contributed by atoms with Crippen LogP contribution in [-0.4, -0.2) is 0 Å². The van der Waals surface area contributed by atoms with Gasteiger partial charge in [0.1, 0.15) is 29.1 Å². The van der Waals surface area contributed by atoms with Crippen molar-refractivity contribution in [2.75, 3.05) is 0 Å². The summed E-state index contributed by atoms with van der Waals surface area (Å²) in [6.45, 7) is 1.98. The van der Waals surface area contributed by atoms with Gasteiger partial charge in [0, 0.05) is 5.56 Å². The molecule has 1 unspecified atom stereocenters. The Hall–Kier alpha value is -3.34. The molecule has 3 aromatic rings. The molecule has 1 fully saturated rings. The van der Waals surface area contributed by atoms with Gasteiger partial charge in [-0.1, -0.05) is 25.5 Å². The van der Waals surface area contributed by atoms with Gasteiger partial charge in [-0.2, -0.15) is 5.26 Å². The first-order valence-electron chi connectivity index (χ1n) is 15.2. The van der Waals surface area contributed by atoms with Crippen LogP contribution in [0.15, 0.2) is 24.3 Å². The maximum absolute atomic E-state index is 15.8. The molecule has 1 saturated carbocycles. The second-order valence-corrected chi connectivity index (χ2v) is 12.1. The van der Waals surface area contributed by atoms with Crippen molar-refractivity contribution >= 4 is 0 Å². The minimum absolute atomic E-state index is 0.0220. The molecule has 0 amide bonds. The summed E-state index contributed by atoms with van der Waals surface area (Å²) in [5, 5.41) is 8.90. The van der Waals surface area contributed by atoms with Gasteiger partial charge in [-0.05, 0) is 128 Å². The molecule has 1 atom stereocenters. The van der Waals surface area contributed by atoms with E-state index in [2.05, 4.69) is 0 Å². The largest absolute Gasteiger partial charge is 0.206 e. The zero-order valence-electron chi connectivity index (χ0n) is 24.1. The lowest BCUT2D eigenvalue weighted by Crippen LogP contribution is -2.23. The summed E-state index contributed by atoms with van der Waals surface area (Å²) in [6.07, 6.45) is 5.12. The van der Waals surface area contributed by atoms with Crippen molar-refractivity contribution in [1.82, 2.24) is 0 Å². The predicted octanol–water partition coefficient (Wildman–Crippen LogP) is 10.1. The smallest absolute Gasteiger partial charge is 0.165 e. The number of fused-ring (bicyclic) bond motifs is 1. The van der Waals surface area contributed by atoms with Crippen molar-refractivity contribution in [1.29, 1.82) is 5.26 Å². The molecule has 0 aromatic heterocycles. The highest BCUT2D eigenvalue weighted by molar-refractivity contribution is 5.41. The number of hydrogen-bond acceptors (Lipinski definition) is 1. The summed E-state index contributed by atoms with van der Waals surface area (Å²) in [4.78, 5) is 0. The SMILES string of the molecule is CCCCc1ccc(CCC2CCc3c(F)c(C4CCC(c5cc(F)c(C#N)c(F)c5)CC4)c(F)c(F)c3C2)c(F)c1F. The molecule has 228 valence electrons. The average Bonchev–Trinajstić information content (AvgIpc) is 3.00. The number of halogens is 7. The van der Waals surface area contributed by atoms with E-state index in [4.69, 9.17) is 5.26 Å². The molecule has 8 heteroatoms. The monoisotopic (exact) mass is 601 g/mol. The van der Waals surface area contributed by atoms with E-state index in [1.807, 2.05) is 6.92 Å². The van der Waals surface area contributed by atoms with Crippen LogP contribution in [0.2, 0.25) is 0 Å². The number of nitriles is 1. The van der Waals surface area contributed by atoms with Crippen LogP contribution in [0.4, 0.5) is 30.7 Å². The summed E-state index contributed by atoms with van der Waals surface area (Å²) in [5.41, 5.74) is 0.292. The normalized spacial score (nSPS) is 20.1. The van der Waals surface area contributed by atoms with Crippen LogP contribution in [-0.2, 0) is 25.7 Å². The Morgan fingerprint density at radius 3 is 1.93 bits per heavy atom. The molecule has 0 aliphatic heterocycles. The van der Waals surface area contributed by atoms with E-state index in [1.54, 1.807) is 12.1 Å². The molecular formula is C35H34F7N. The first-order chi connectivity index (χ1) is 20.6. The van der Waals surface area contributed by atoms with E-state index in [-0.39, 0.29) is 53.4 Å². The zero-order valence-corrected chi connectivity index (χ0v) is 24.1. The molecule has 43 heavy (non-hydrogen) atoms. The van der Waals surface area contributed by atoms with Crippen LogP contribution in [0.3, 0.4) is 0 Å². The molecule has 0 N–H and O–H groups in total. The van der Waals surface area contributed by atoms with E-state index in [9.17, 15) is 17.6 Å². The summed E-state index contributed by atoms with van der Waals surface area (Å²) >= 11 is 0. The molecule has 5 rings (SSSR count). The van der Waals surface area contributed by atoms with Crippen LogP contribution in [0, 0.1) is 58.0 Å². The Kier molecular flexibility index (Phi) is 9.48. The van der Waals surface area contributed by atoms with Crippen molar-refractivity contribution in [2.24, 2.45) is 5.92 Å². The fourth-order valence-corrected chi connectivity index (χ4v) is 6.99. The lowest BCUT2D eigenvalue weighted by molar-refractivity contribution is 0.353. The summed E-state index contributed by atoms with van der Waals surface area (Å²) in [6, 6.07) is 6.97. The molecule has 3 aromatic carbocycles. The minimum atomic E-state index is -1.19. The fourth-order valence-electron chi connectivity index (χ4n) is 6.99. The van der Waals surface area contributed by atoms with Crippen molar-refractivity contribution in [2.45, 2.75) is 95.8 Å². The Bertz CT molecular complexity index is 1530. The van der Waals surface area contributed by atoms with Gasteiger partial charge in [0.2, 0.25) is 0 Å². The lowest BCUT2D eigenvalue weighted by atomic mass is 9.73. The van der Waals surface area contributed by atoms with Crippen molar-refractivity contribution in [3.8, 4) is 6.07 Å². The van der Waals surface area contributed by atoms with E-state index in [1.165, 1.54) is 6.07 Å². The molecule has 0 heterocycles. The molecule has 0 bridgehead atoms. The number of benzene rings is 3. The Morgan fingerprint density at radius 1 is 0.721 bits per heavy atom. The van der Waals surface area contributed by atoms with Gasteiger partial charge in [-0.15, -0.1) is 0 Å².